The summed E-state index contributed by atoms with van der Waals surface area (Å²) in [6.45, 7) is 6.59. The van der Waals surface area contributed by atoms with Crippen LogP contribution in [0.1, 0.15) is 28.1 Å². The Morgan fingerprint density at radius 2 is 1.69 bits per heavy atom. The van der Waals surface area contributed by atoms with E-state index in [-0.39, 0.29) is 0 Å². The predicted octanol–water partition coefficient (Wildman–Crippen LogP) is 3.95. The third kappa shape index (κ3) is 4.73. The van der Waals surface area contributed by atoms with Crippen molar-refractivity contribution in [2.45, 2.75) is 33.4 Å². The molecule has 1 aromatic heterocycles. The summed E-state index contributed by atoms with van der Waals surface area (Å²) in [5.74, 6) is 0.909. The van der Waals surface area contributed by atoms with Crippen LogP contribution in [0.3, 0.4) is 0 Å². The van der Waals surface area contributed by atoms with Crippen LogP contribution >= 0.6 is 0 Å². The molecule has 136 valence electrons. The summed E-state index contributed by atoms with van der Waals surface area (Å²) in [6.07, 6.45) is 0.997. The van der Waals surface area contributed by atoms with E-state index in [9.17, 15) is 0 Å². The lowest BCUT2D eigenvalue weighted by Gasteiger charge is -2.08. The van der Waals surface area contributed by atoms with Crippen molar-refractivity contribution in [3.8, 4) is 5.75 Å². The van der Waals surface area contributed by atoms with Crippen molar-refractivity contribution in [3.05, 3.63) is 82.7 Å². The average molecular weight is 349 g/mol. The van der Waals surface area contributed by atoms with Crippen molar-refractivity contribution < 1.29 is 4.74 Å². The first-order valence-electron chi connectivity index (χ1n) is 9.09. The number of benzene rings is 2. The Labute approximate surface area is 155 Å². The Kier molecular flexibility index (Phi) is 6.08. The molecule has 4 nitrogen and oxygen atoms in total. The first kappa shape index (κ1) is 18.2. The summed E-state index contributed by atoms with van der Waals surface area (Å²) in [5.41, 5.74) is 6.13. The molecule has 4 heteroatoms. The lowest BCUT2D eigenvalue weighted by molar-refractivity contribution is 0.306. The van der Waals surface area contributed by atoms with Gasteiger partial charge < -0.3 is 10.1 Å². The fourth-order valence-electron chi connectivity index (χ4n) is 3.01. The first-order chi connectivity index (χ1) is 12.6. The number of nitrogens with one attached hydrogen (secondary N) is 1. The molecule has 1 heterocycles. The molecule has 0 radical (unpaired) electrons. The molecule has 0 aliphatic heterocycles. The SMILES string of the molecule is Cc1nn(C)c(C)c1CNCCc1ccc(OCc2ccccc2)cc1. The Hall–Kier alpha value is -2.59. The second-order valence-electron chi connectivity index (χ2n) is 6.62. The minimum Gasteiger partial charge on any atom is -0.489 e. The molecule has 0 saturated heterocycles. The van der Waals surface area contributed by atoms with E-state index >= 15 is 0 Å². The Morgan fingerprint density at radius 1 is 0.962 bits per heavy atom. The van der Waals surface area contributed by atoms with Crippen molar-refractivity contribution >= 4 is 0 Å². The highest BCUT2D eigenvalue weighted by Crippen LogP contribution is 2.15. The third-order valence-electron chi connectivity index (χ3n) is 4.72. The quantitative estimate of drug-likeness (QED) is 0.626. The van der Waals surface area contributed by atoms with Crippen LogP contribution in [0, 0.1) is 13.8 Å². The number of hydrogen-bond donors (Lipinski definition) is 1. The monoisotopic (exact) mass is 349 g/mol. The van der Waals surface area contributed by atoms with Gasteiger partial charge in [0, 0.05) is 24.8 Å². The lowest BCUT2D eigenvalue weighted by Crippen LogP contribution is -2.17. The van der Waals surface area contributed by atoms with E-state index in [1.807, 2.05) is 42.1 Å². The van der Waals surface area contributed by atoms with Crippen LogP contribution < -0.4 is 10.1 Å². The van der Waals surface area contributed by atoms with Gasteiger partial charge >= 0.3 is 0 Å². The molecule has 0 unspecified atom stereocenters. The molecule has 3 rings (SSSR count). The third-order valence-corrected chi connectivity index (χ3v) is 4.72. The van der Waals surface area contributed by atoms with Crippen LogP contribution in [0.5, 0.6) is 5.75 Å². The van der Waals surface area contributed by atoms with Crippen LogP contribution in [0.2, 0.25) is 0 Å². The van der Waals surface area contributed by atoms with Crippen LogP contribution in [0.4, 0.5) is 0 Å². The Morgan fingerprint density at radius 3 is 2.35 bits per heavy atom. The molecule has 0 atom stereocenters. The minimum atomic E-state index is 0.603. The van der Waals surface area contributed by atoms with E-state index in [4.69, 9.17) is 4.74 Å². The highest BCUT2D eigenvalue weighted by molar-refractivity contribution is 5.28. The van der Waals surface area contributed by atoms with Crippen LogP contribution in [-0.2, 0) is 26.6 Å². The van der Waals surface area contributed by atoms with E-state index in [2.05, 4.69) is 48.5 Å². The van der Waals surface area contributed by atoms with Crippen molar-refractivity contribution in [3.63, 3.8) is 0 Å². The van der Waals surface area contributed by atoms with Gasteiger partial charge in [0.15, 0.2) is 0 Å². The fourth-order valence-corrected chi connectivity index (χ4v) is 3.01. The van der Waals surface area contributed by atoms with Crippen LogP contribution in [0.25, 0.3) is 0 Å². The Bertz CT molecular complexity index is 823. The number of ether oxygens (including phenoxy) is 1. The van der Waals surface area contributed by atoms with Gasteiger partial charge in [-0.15, -0.1) is 0 Å². The molecule has 1 N–H and O–H groups in total. The number of rotatable bonds is 8. The standard InChI is InChI=1S/C22H27N3O/c1-17-22(18(2)25(3)24-17)15-23-14-13-19-9-11-21(12-10-19)26-16-20-7-5-4-6-8-20/h4-12,23H,13-16H2,1-3H3. The number of hydrogen-bond acceptors (Lipinski definition) is 3. The normalized spacial score (nSPS) is 10.9. The number of nitrogens with zero attached hydrogens (tertiary/aromatic N) is 2. The first-order valence-corrected chi connectivity index (χ1v) is 9.09. The maximum atomic E-state index is 5.83. The summed E-state index contributed by atoms with van der Waals surface area (Å²) in [4.78, 5) is 0. The van der Waals surface area contributed by atoms with Crippen molar-refractivity contribution in [1.29, 1.82) is 0 Å². The van der Waals surface area contributed by atoms with Gasteiger partial charge in [-0.25, -0.2) is 0 Å². The van der Waals surface area contributed by atoms with E-state index in [1.165, 1.54) is 22.4 Å². The van der Waals surface area contributed by atoms with Gasteiger partial charge in [0.25, 0.3) is 0 Å². The topological polar surface area (TPSA) is 39.1 Å². The molecule has 0 bridgehead atoms. The second kappa shape index (κ2) is 8.68. The van der Waals surface area contributed by atoms with Gasteiger partial charge in [0.2, 0.25) is 0 Å². The maximum Gasteiger partial charge on any atom is 0.119 e. The molecular formula is C22H27N3O. The summed E-state index contributed by atoms with van der Waals surface area (Å²) >= 11 is 0. The van der Waals surface area contributed by atoms with Crippen molar-refractivity contribution in [2.75, 3.05) is 6.54 Å². The van der Waals surface area contributed by atoms with Gasteiger partial charge in [0.1, 0.15) is 12.4 Å². The summed E-state index contributed by atoms with van der Waals surface area (Å²) in [5, 5.41) is 7.98. The summed E-state index contributed by atoms with van der Waals surface area (Å²) in [6, 6.07) is 18.6. The molecule has 0 saturated carbocycles. The van der Waals surface area contributed by atoms with Crippen molar-refractivity contribution in [2.24, 2.45) is 7.05 Å². The molecule has 0 amide bonds. The van der Waals surface area contributed by atoms with Gasteiger partial charge in [-0.1, -0.05) is 42.5 Å². The highest BCUT2D eigenvalue weighted by atomic mass is 16.5. The minimum absolute atomic E-state index is 0.603. The molecule has 3 aromatic rings. The van der Waals surface area contributed by atoms with E-state index in [0.29, 0.717) is 6.61 Å². The number of aryl methyl sites for hydroxylation is 2. The fraction of sp³-hybridized carbons (Fsp3) is 0.318. The molecule has 26 heavy (non-hydrogen) atoms. The molecule has 0 fully saturated rings. The largest absolute Gasteiger partial charge is 0.489 e. The second-order valence-corrected chi connectivity index (χ2v) is 6.62. The smallest absolute Gasteiger partial charge is 0.119 e. The van der Waals surface area contributed by atoms with Gasteiger partial charge in [-0.05, 0) is 50.1 Å². The lowest BCUT2D eigenvalue weighted by atomic mass is 10.1. The highest BCUT2D eigenvalue weighted by Gasteiger charge is 2.08. The average Bonchev–Trinajstić information content (AvgIpc) is 2.91. The molecule has 2 aromatic carbocycles. The summed E-state index contributed by atoms with van der Waals surface area (Å²) in [7, 11) is 1.99. The van der Waals surface area contributed by atoms with Gasteiger partial charge in [-0.2, -0.15) is 5.10 Å². The zero-order valence-electron chi connectivity index (χ0n) is 15.8. The molecular weight excluding hydrogens is 322 g/mol. The van der Waals surface area contributed by atoms with Crippen LogP contribution in [0.15, 0.2) is 54.6 Å². The predicted molar refractivity (Wildman–Crippen MR) is 105 cm³/mol. The van der Waals surface area contributed by atoms with E-state index in [1.54, 1.807) is 0 Å². The molecule has 0 aliphatic carbocycles. The van der Waals surface area contributed by atoms with Crippen molar-refractivity contribution in [1.82, 2.24) is 15.1 Å². The van der Waals surface area contributed by atoms with E-state index < -0.39 is 0 Å². The summed E-state index contributed by atoms with van der Waals surface area (Å²) < 4.78 is 7.78. The molecule has 0 spiro atoms. The maximum absolute atomic E-state index is 5.83. The number of aromatic nitrogens is 2. The zero-order chi connectivity index (χ0) is 18.4. The van der Waals surface area contributed by atoms with Crippen LogP contribution in [-0.4, -0.2) is 16.3 Å². The molecule has 0 aliphatic rings. The van der Waals surface area contributed by atoms with Gasteiger partial charge in [-0.3, -0.25) is 4.68 Å². The Balaban J connectivity index is 1.43. The zero-order valence-corrected chi connectivity index (χ0v) is 15.8. The van der Waals surface area contributed by atoms with E-state index in [0.717, 1.165) is 31.0 Å². The van der Waals surface area contributed by atoms with Gasteiger partial charge in [0.05, 0.1) is 5.69 Å².